The van der Waals surface area contributed by atoms with E-state index in [1.807, 2.05) is 23.7 Å². The first-order chi connectivity index (χ1) is 14.1. The highest BCUT2D eigenvalue weighted by Gasteiger charge is 2.31. The molecule has 1 N–H and O–H groups in total. The van der Waals surface area contributed by atoms with E-state index in [0.717, 1.165) is 36.1 Å². The second-order valence-corrected chi connectivity index (χ2v) is 8.00. The summed E-state index contributed by atoms with van der Waals surface area (Å²) in [6.07, 6.45) is -2.93. The summed E-state index contributed by atoms with van der Waals surface area (Å²) in [5, 5.41) is 3.42. The number of nitrogens with zero attached hydrogens (tertiary/aromatic N) is 2. The molecule has 30 heavy (non-hydrogen) atoms. The van der Waals surface area contributed by atoms with Crippen LogP contribution in [0.2, 0.25) is 15.1 Å². The van der Waals surface area contributed by atoms with Gasteiger partial charge >= 0.3 is 6.36 Å². The lowest BCUT2D eigenvalue weighted by Gasteiger charge is -2.16. The Hall–Kier alpha value is -1.83. The third-order valence-corrected chi connectivity index (χ3v) is 5.82. The fourth-order valence-corrected chi connectivity index (χ4v) is 4.22. The Balaban J connectivity index is 2.06. The number of imidazole rings is 1. The molecule has 10 heteroatoms. The Morgan fingerprint density at radius 3 is 2.20 bits per heavy atom. The second kappa shape index (κ2) is 8.73. The Bertz CT molecular complexity index is 1060. The van der Waals surface area contributed by atoms with Gasteiger partial charge in [0.2, 0.25) is 5.95 Å². The number of hydrogen-bond donors (Lipinski definition) is 1. The summed E-state index contributed by atoms with van der Waals surface area (Å²) in [5.74, 6) is 0.227. The van der Waals surface area contributed by atoms with Crippen molar-refractivity contribution in [2.45, 2.75) is 39.0 Å². The van der Waals surface area contributed by atoms with E-state index in [1.165, 1.54) is 0 Å². The standard InChI is InChI=1S/C20H19Cl3F3N3O/c1-4-10(5-2)12-6-7-13(21)17-18(12)29(3)19(28-17)27-16-14(22)8-11(9-15(16)23)30-20(24,25)26/h6-10H,4-5H2,1-3H3,(H,27,28). The van der Waals surface area contributed by atoms with Gasteiger partial charge in [0.1, 0.15) is 11.3 Å². The van der Waals surface area contributed by atoms with Crippen LogP contribution in [0.3, 0.4) is 0 Å². The summed E-state index contributed by atoms with van der Waals surface area (Å²) in [5.41, 5.74) is 2.83. The number of anilines is 2. The number of alkyl halides is 3. The lowest BCUT2D eigenvalue weighted by atomic mass is 9.93. The van der Waals surface area contributed by atoms with E-state index in [0.29, 0.717) is 22.4 Å². The summed E-state index contributed by atoms with van der Waals surface area (Å²) in [7, 11) is 1.82. The van der Waals surface area contributed by atoms with Crippen LogP contribution < -0.4 is 10.1 Å². The number of benzene rings is 2. The topological polar surface area (TPSA) is 39.1 Å². The number of halogens is 6. The maximum Gasteiger partial charge on any atom is 0.573 e. The van der Waals surface area contributed by atoms with Crippen molar-refractivity contribution in [1.82, 2.24) is 9.55 Å². The van der Waals surface area contributed by atoms with Crippen LogP contribution in [0, 0.1) is 0 Å². The lowest BCUT2D eigenvalue weighted by molar-refractivity contribution is -0.274. The first-order valence-electron chi connectivity index (χ1n) is 9.22. The van der Waals surface area contributed by atoms with E-state index < -0.39 is 12.1 Å². The van der Waals surface area contributed by atoms with Gasteiger partial charge in [-0.2, -0.15) is 0 Å². The molecule has 162 valence electrons. The number of rotatable bonds is 6. The number of fused-ring (bicyclic) bond motifs is 1. The molecule has 0 saturated carbocycles. The normalized spacial score (nSPS) is 12.1. The van der Waals surface area contributed by atoms with Gasteiger partial charge in [-0.15, -0.1) is 13.2 Å². The minimum Gasteiger partial charge on any atom is -0.406 e. The van der Waals surface area contributed by atoms with Crippen LogP contribution in [0.1, 0.15) is 38.2 Å². The summed E-state index contributed by atoms with van der Waals surface area (Å²) in [6.45, 7) is 4.24. The fraction of sp³-hybridized carbons (Fsp3) is 0.350. The Labute approximate surface area is 186 Å². The number of aryl methyl sites for hydroxylation is 1. The summed E-state index contributed by atoms with van der Waals surface area (Å²) >= 11 is 18.7. The Morgan fingerprint density at radius 1 is 1.07 bits per heavy atom. The zero-order valence-corrected chi connectivity index (χ0v) is 18.6. The smallest absolute Gasteiger partial charge is 0.406 e. The Kier molecular flexibility index (Phi) is 6.65. The molecule has 0 amide bonds. The molecule has 0 bridgehead atoms. The quantitative estimate of drug-likeness (QED) is 0.387. The molecule has 3 aromatic rings. The summed E-state index contributed by atoms with van der Waals surface area (Å²) in [6, 6.07) is 5.89. The average molecular weight is 481 g/mol. The molecule has 0 radical (unpaired) electrons. The number of aromatic nitrogens is 2. The van der Waals surface area contributed by atoms with Gasteiger partial charge in [-0.3, -0.25) is 0 Å². The van der Waals surface area contributed by atoms with Crippen LogP contribution in [0.25, 0.3) is 11.0 Å². The monoisotopic (exact) mass is 479 g/mol. The highest BCUT2D eigenvalue weighted by Crippen LogP contribution is 2.40. The highest BCUT2D eigenvalue weighted by molar-refractivity contribution is 6.39. The van der Waals surface area contributed by atoms with Crippen molar-refractivity contribution in [2.75, 3.05) is 5.32 Å². The molecule has 0 saturated heterocycles. The number of nitrogens with one attached hydrogen (secondary N) is 1. The predicted molar refractivity (Wildman–Crippen MR) is 115 cm³/mol. The van der Waals surface area contributed by atoms with Crippen molar-refractivity contribution < 1.29 is 17.9 Å². The molecule has 2 aromatic carbocycles. The largest absolute Gasteiger partial charge is 0.573 e. The first-order valence-corrected chi connectivity index (χ1v) is 10.4. The highest BCUT2D eigenvalue weighted by atomic mass is 35.5. The molecule has 1 heterocycles. The van der Waals surface area contributed by atoms with E-state index in [-0.39, 0.29) is 15.7 Å². The Morgan fingerprint density at radius 2 is 1.67 bits per heavy atom. The van der Waals surface area contributed by atoms with Gasteiger partial charge in [0, 0.05) is 19.2 Å². The minimum atomic E-state index is -4.85. The van der Waals surface area contributed by atoms with Crippen LogP contribution in [0.5, 0.6) is 5.75 Å². The molecular formula is C20H19Cl3F3N3O. The van der Waals surface area contributed by atoms with Gasteiger partial charge in [0.05, 0.1) is 26.3 Å². The molecule has 0 aliphatic carbocycles. The van der Waals surface area contributed by atoms with Crippen molar-refractivity contribution in [3.8, 4) is 5.75 Å². The van der Waals surface area contributed by atoms with Crippen LogP contribution in [-0.4, -0.2) is 15.9 Å². The average Bonchev–Trinajstić information content (AvgIpc) is 2.97. The van der Waals surface area contributed by atoms with E-state index >= 15 is 0 Å². The van der Waals surface area contributed by atoms with Crippen LogP contribution >= 0.6 is 34.8 Å². The third kappa shape index (κ3) is 4.58. The molecule has 0 aliphatic rings. The maximum absolute atomic E-state index is 12.5. The summed E-state index contributed by atoms with van der Waals surface area (Å²) < 4.78 is 43.1. The molecule has 0 fully saturated rings. The van der Waals surface area contributed by atoms with Gasteiger partial charge < -0.3 is 14.6 Å². The van der Waals surface area contributed by atoms with Gasteiger partial charge in [-0.25, -0.2) is 4.98 Å². The predicted octanol–water partition coefficient (Wildman–Crippen LogP) is 8.08. The molecule has 0 unspecified atom stereocenters. The number of hydrogen-bond acceptors (Lipinski definition) is 3. The number of ether oxygens (including phenoxy) is 1. The van der Waals surface area contributed by atoms with Gasteiger partial charge in [0.25, 0.3) is 0 Å². The molecule has 0 spiro atoms. The van der Waals surface area contributed by atoms with Gasteiger partial charge in [0.15, 0.2) is 0 Å². The van der Waals surface area contributed by atoms with Crippen molar-refractivity contribution in [1.29, 1.82) is 0 Å². The summed E-state index contributed by atoms with van der Waals surface area (Å²) in [4.78, 5) is 4.57. The van der Waals surface area contributed by atoms with E-state index in [1.54, 1.807) is 0 Å². The van der Waals surface area contributed by atoms with Crippen LogP contribution in [-0.2, 0) is 7.05 Å². The first kappa shape index (κ1) is 22.8. The van der Waals surface area contributed by atoms with E-state index in [2.05, 4.69) is 28.9 Å². The van der Waals surface area contributed by atoms with E-state index in [4.69, 9.17) is 34.8 Å². The van der Waals surface area contributed by atoms with E-state index in [9.17, 15) is 13.2 Å². The fourth-order valence-electron chi connectivity index (χ4n) is 3.46. The van der Waals surface area contributed by atoms with Crippen molar-refractivity contribution in [3.63, 3.8) is 0 Å². The molecule has 0 aliphatic heterocycles. The van der Waals surface area contributed by atoms with Crippen LogP contribution in [0.15, 0.2) is 24.3 Å². The SMILES string of the molecule is CCC(CC)c1ccc(Cl)c2nc(Nc3c(Cl)cc(OC(F)(F)F)cc3Cl)n(C)c12. The zero-order valence-electron chi connectivity index (χ0n) is 16.4. The maximum atomic E-state index is 12.5. The lowest BCUT2D eigenvalue weighted by Crippen LogP contribution is -2.17. The molecule has 0 atom stereocenters. The van der Waals surface area contributed by atoms with Gasteiger partial charge in [-0.1, -0.05) is 54.7 Å². The molecular weight excluding hydrogens is 462 g/mol. The minimum absolute atomic E-state index is 0.0416. The second-order valence-electron chi connectivity index (χ2n) is 6.78. The van der Waals surface area contributed by atoms with Crippen molar-refractivity contribution >= 4 is 57.5 Å². The zero-order chi connectivity index (χ0) is 22.2. The molecule has 4 nitrogen and oxygen atoms in total. The molecule has 3 rings (SSSR count). The van der Waals surface area contributed by atoms with Crippen molar-refractivity contribution in [2.24, 2.45) is 7.05 Å². The van der Waals surface area contributed by atoms with Crippen LogP contribution in [0.4, 0.5) is 24.8 Å². The van der Waals surface area contributed by atoms with Crippen molar-refractivity contribution in [3.05, 3.63) is 44.9 Å². The van der Waals surface area contributed by atoms with Gasteiger partial charge in [-0.05, 0) is 30.4 Å². The molecule has 1 aromatic heterocycles. The third-order valence-electron chi connectivity index (χ3n) is 4.92.